The van der Waals surface area contributed by atoms with Crippen LogP contribution in [-0.2, 0) is 16.0 Å². The minimum absolute atomic E-state index is 0.158. The van der Waals surface area contributed by atoms with E-state index in [0.717, 1.165) is 21.8 Å². The summed E-state index contributed by atoms with van der Waals surface area (Å²) in [5.74, 6) is -1.57. The Morgan fingerprint density at radius 3 is 2.29 bits per heavy atom. The van der Waals surface area contributed by atoms with Gasteiger partial charge in [0.25, 0.3) is 11.8 Å². The smallest absolute Gasteiger partial charge is 0.329 e. The summed E-state index contributed by atoms with van der Waals surface area (Å²) in [5.41, 5.74) is 3.02. The molecule has 0 saturated heterocycles. The van der Waals surface area contributed by atoms with Crippen LogP contribution in [0.15, 0.2) is 71.9 Å². The van der Waals surface area contributed by atoms with Gasteiger partial charge in [0.15, 0.2) is 0 Å². The SMILES string of the molecule is CCOC(=O)C(Cc1ccc(N=Cc2ccc[nH]2)cc1)N1C(=O)c2ccccc2C1=O. The summed E-state index contributed by atoms with van der Waals surface area (Å²) < 4.78 is 5.18. The number of ether oxygens (including phenoxy) is 1. The lowest BCUT2D eigenvalue weighted by molar-refractivity contribution is -0.147. The predicted octanol–water partition coefficient (Wildman–Crippen LogP) is 3.54. The third-order valence-electron chi connectivity index (χ3n) is 5.04. The summed E-state index contributed by atoms with van der Waals surface area (Å²) in [7, 11) is 0. The van der Waals surface area contributed by atoms with Gasteiger partial charge < -0.3 is 9.72 Å². The molecule has 2 amide bonds. The van der Waals surface area contributed by atoms with Gasteiger partial charge in [0.2, 0.25) is 0 Å². The first-order valence-corrected chi connectivity index (χ1v) is 9.98. The number of imide groups is 1. The van der Waals surface area contributed by atoms with E-state index in [4.69, 9.17) is 4.74 Å². The number of aromatic amines is 1. The van der Waals surface area contributed by atoms with Crippen molar-refractivity contribution in [1.29, 1.82) is 0 Å². The number of carbonyl (C=O) groups excluding carboxylic acids is 3. The molecule has 1 atom stereocenters. The van der Waals surface area contributed by atoms with Crippen molar-refractivity contribution in [2.24, 2.45) is 4.99 Å². The van der Waals surface area contributed by atoms with Crippen LogP contribution in [-0.4, -0.2) is 46.5 Å². The first kappa shape index (κ1) is 20.3. The van der Waals surface area contributed by atoms with Crippen molar-refractivity contribution in [3.05, 3.63) is 89.2 Å². The van der Waals surface area contributed by atoms with Crippen molar-refractivity contribution in [1.82, 2.24) is 9.88 Å². The molecule has 0 aliphatic carbocycles. The van der Waals surface area contributed by atoms with Crippen molar-refractivity contribution < 1.29 is 19.1 Å². The molecule has 0 radical (unpaired) electrons. The fourth-order valence-electron chi connectivity index (χ4n) is 3.52. The molecular weight excluding hydrogens is 394 g/mol. The van der Waals surface area contributed by atoms with E-state index in [2.05, 4.69) is 9.98 Å². The maximum atomic E-state index is 12.9. The van der Waals surface area contributed by atoms with Gasteiger partial charge >= 0.3 is 5.97 Å². The number of nitrogens with zero attached hydrogens (tertiary/aromatic N) is 2. The number of hydrogen-bond acceptors (Lipinski definition) is 5. The molecule has 0 saturated carbocycles. The first-order valence-electron chi connectivity index (χ1n) is 9.98. The van der Waals surface area contributed by atoms with E-state index in [-0.39, 0.29) is 13.0 Å². The van der Waals surface area contributed by atoms with Gasteiger partial charge in [-0.2, -0.15) is 0 Å². The van der Waals surface area contributed by atoms with Crippen molar-refractivity contribution in [2.45, 2.75) is 19.4 Å². The molecule has 31 heavy (non-hydrogen) atoms. The van der Waals surface area contributed by atoms with Crippen LogP contribution >= 0.6 is 0 Å². The van der Waals surface area contributed by atoms with Gasteiger partial charge in [0.1, 0.15) is 6.04 Å². The van der Waals surface area contributed by atoms with Crippen LogP contribution in [0, 0.1) is 0 Å². The zero-order chi connectivity index (χ0) is 21.8. The van der Waals surface area contributed by atoms with Crippen LogP contribution in [0.3, 0.4) is 0 Å². The minimum Gasteiger partial charge on any atom is -0.464 e. The van der Waals surface area contributed by atoms with Gasteiger partial charge in [-0.1, -0.05) is 24.3 Å². The van der Waals surface area contributed by atoms with Crippen LogP contribution in [0.25, 0.3) is 0 Å². The Hall–Kier alpha value is -4.00. The summed E-state index contributed by atoms with van der Waals surface area (Å²) in [6, 6.07) is 16.6. The topological polar surface area (TPSA) is 91.8 Å². The number of rotatable bonds is 7. The molecule has 0 bridgehead atoms. The highest BCUT2D eigenvalue weighted by Gasteiger charge is 2.43. The fraction of sp³-hybridized carbons (Fsp3) is 0.167. The second kappa shape index (κ2) is 8.79. The average Bonchev–Trinajstić information content (AvgIpc) is 3.39. The number of esters is 1. The molecule has 3 aromatic rings. The van der Waals surface area contributed by atoms with Crippen LogP contribution in [0.4, 0.5) is 5.69 Å². The van der Waals surface area contributed by atoms with E-state index in [1.54, 1.807) is 37.4 Å². The van der Waals surface area contributed by atoms with E-state index in [0.29, 0.717) is 11.1 Å². The molecule has 7 nitrogen and oxygen atoms in total. The van der Waals surface area contributed by atoms with E-state index < -0.39 is 23.8 Å². The van der Waals surface area contributed by atoms with Crippen molar-refractivity contribution in [3.8, 4) is 0 Å². The summed E-state index contributed by atoms with van der Waals surface area (Å²) in [4.78, 5) is 46.9. The van der Waals surface area contributed by atoms with Crippen molar-refractivity contribution in [3.63, 3.8) is 0 Å². The van der Waals surface area contributed by atoms with Crippen LogP contribution in [0.1, 0.15) is 38.9 Å². The van der Waals surface area contributed by atoms with Crippen molar-refractivity contribution >= 4 is 29.7 Å². The highest BCUT2D eigenvalue weighted by molar-refractivity contribution is 6.22. The number of H-pyrrole nitrogens is 1. The van der Waals surface area contributed by atoms with Crippen LogP contribution < -0.4 is 0 Å². The van der Waals surface area contributed by atoms with Crippen LogP contribution in [0.5, 0.6) is 0 Å². The molecule has 156 valence electrons. The van der Waals surface area contributed by atoms with Gasteiger partial charge in [0.05, 0.1) is 35.3 Å². The quantitative estimate of drug-likeness (QED) is 0.363. The monoisotopic (exact) mass is 415 g/mol. The number of aromatic nitrogens is 1. The molecule has 0 fully saturated rings. The molecule has 1 aromatic heterocycles. The van der Waals surface area contributed by atoms with Crippen molar-refractivity contribution in [2.75, 3.05) is 6.61 Å². The second-order valence-electron chi connectivity index (χ2n) is 7.05. The third kappa shape index (κ3) is 4.16. The number of nitrogens with one attached hydrogen (secondary N) is 1. The highest BCUT2D eigenvalue weighted by Crippen LogP contribution is 2.27. The molecule has 7 heteroatoms. The lowest BCUT2D eigenvalue weighted by Gasteiger charge is -2.24. The van der Waals surface area contributed by atoms with Crippen LogP contribution in [0.2, 0.25) is 0 Å². The maximum absolute atomic E-state index is 12.9. The zero-order valence-electron chi connectivity index (χ0n) is 16.9. The number of hydrogen-bond donors (Lipinski definition) is 1. The molecule has 1 N–H and O–H groups in total. The highest BCUT2D eigenvalue weighted by atomic mass is 16.5. The minimum atomic E-state index is -1.04. The van der Waals surface area contributed by atoms with E-state index in [1.807, 2.05) is 42.6 Å². The fourth-order valence-corrected chi connectivity index (χ4v) is 3.52. The third-order valence-corrected chi connectivity index (χ3v) is 5.04. The number of carbonyl (C=O) groups is 3. The molecule has 2 heterocycles. The van der Waals surface area contributed by atoms with Gasteiger partial charge in [0, 0.05) is 12.6 Å². The molecular formula is C24H21N3O4. The Bertz CT molecular complexity index is 1100. The number of benzene rings is 2. The first-order chi connectivity index (χ1) is 15.1. The second-order valence-corrected chi connectivity index (χ2v) is 7.05. The van der Waals surface area contributed by atoms with E-state index >= 15 is 0 Å². The molecule has 1 aliphatic rings. The summed E-state index contributed by atoms with van der Waals surface area (Å²) in [6.45, 7) is 1.85. The summed E-state index contributed by atoms with van der Waals surface area (Å²) >= 11 is 0. The Morgan fingerprint density at radius 1 is 1.03 bits per heavy atom. The normalized spacial score (nSPS) is 14.2. The Morgan fingerprint density at radius 2 is 1.71 bits per heavy atom. The van der Waals surface area contributed by atoms with Gasteiger partial charge in [-0.05, 0) is 48.9 Å². The Balaban J connectivity index is 1.56. The molecule has 2 aromatic carbocycles. The standard InChI is InChI=1S/C24H21N3O4/c1-2-31-24(30)21(27-22(28)19-7-3-4-8-20(19)23(27)29)14-16-9-11-17(12-10-16)26-15-18-6-5-13-25-18/h3-13,15,21,25H,2,14H2,1H3. The van der Waals surface area contributed by atoms with Gasteiger partial charge in [-0.15, -0.1) is 0 Å². The number of aliphatic imine (C=N–C) groups is 1. The van der Waals surface area contributed by atoms with Gasteiger partial charge in [-0.25, -0.2) is 4.79 Å². The largest absolute Gasteiger partial charge is 0.464 e. The summed E-state index contributed by atoms with van der Waals surface area (Å²) in [5, 5.41) is 0. The maximum Gasteiger partial charge on any atom is 0.329 e. The molecule has 4 rings (SSSR count). The van der Waals surface area contributed by atoms with E-state index in [9.17, 15) is 14.4 Å². The van der Waals surface area contributed by atoms with Gasteiger partial charge in [-0.3, -0.25) is 19.5 Å². The molecule has 0 spiro atoms. The van der Waals surface area contributed by atoms with E-state index in [1.165, 1.54) is 0 Å². The lowest BCUT2D eigenvalue weighted by atomic mass is 10.0. The number of amides is 2. The average molecular weight is 415 g/mol. The Labute approximate surface area is 179 Å². The lowest BCUT2D eigenvalue weighted by Crippen LogP contribution is -2.47. The number of fused-ring (bicyclic) bond motifs is 1. The molecule has 1 unspecified atom stereocenters. The molecule has 1 aliphatic heterocycles. The summed E-state index contributed by atoms with van der Waals surface area (Å²) in [6.07, 6.45) is 3.69. The predicted molar refractivity (Wildman–Crippen MR) is 116 cm³/mol. The Kier molecular flexibility index (Phi) is 5.75. The zero-order valence-corrected chi connectivity index (χ0v) is 16.9.